The van der Waals surface area contributed by atoms with Crippen LogP contribution in [0, 0.1) is 6.92 Å². The lowest BCUT2D eigenvalue weighted by Crippen LogP contribution is -1.87. The number of hydrogen-bond donors (Lipinski definition) is 1. The molecular weight excluding hydrogens is 224 g/mol. The van der Waals surface area contributed by atoms with Crippen molar-refractivity contribution in [2.75, 3.05) is 0 Å². The van der Waals surface area contributed by atoms with E-state index in [1.54, 1.807) is 24.5 Å². The fourth-order valence-electron chi connectivity index (χ4n) is 1.93. The van der Waals surface area contributed by atoms with Gasteiger partial charge in [-0.05, 0) is 35.9 Å². The highest BCUT2D eigenvalue weighted by Gasteiger charge is 2.02. The molecular formula is C15H12N2O. The van der Waals surface area contributed by atoms with E-state index in [4.69, 9.17) is 0 Å². The van der Waals surface area contributed by atoms with Gasteiger partial charge in [-0.2, -0.15) is 0 Å². The highest BCUT2D eigenvalue weighted by atomic mass is 16.3. The van der Waals surface area contributed by atoms with Crippen molar-refractivity contribution >= 4 is 10.8 Å². The predicted molar refractivity (Wildman–Crippen MR) is 71.4 cm³/mol. The van der Waals surface area contributed by atoms with E-state index in [9.17, 15) is 5.11 Å². The summed E-state index contributed by atoms with van der Waals surface area (Å²) in [6.45, 7) is 1.92. The van der Waals surface area contributed by atoms with Gasteiger partial charge in [-0.15, -0.1) is 0 Å². The van der Waals surface area contributed by atoms with Gasteiger partial charge in [-0.1, -0.05) is 18.2 Å². The summed E-state index contributed by atoms with van der Waals surface area (Å²) in [5.74, 6) is 0.283. The number of fused-ring (bicyclic) bond motifs is 1. The maximum absolute atomic E-state index is 9.42. The number of hydrogen-bond acceptors (Lipinski definition) is 3. The monoisotopic (exact) mass is 236 g/mol. The Morgan fingerprint density at radius 1 is 0.889 bits per heavy atom. The number of aromatic nitrogens is 2. The first kappa shape index (κ1) is 10.7. The van der Waals surface area contributed by atoms with Crippen LogP contribution in [0.15, 0.2) is 48.8 Å². The quantitative estimate of drug-likeness (QED) is 0.705. The number of phenols is 1. The molecule has 0 spiro atoms. The number of rotatable bonds is 1. The number of benzene rings is 2. The third-order valence-electron chi connectivity index (χ3n) is 2.90. The number of aryl methyl sites for hydroxylation is 1. The second-order valence-corrected chi connectivity index (χ2v) is 4.29. The van der Waals surface area contributed by atoms with Gasteiger partial charge < -0.3 is 5.11 Å². The molecule has 3 nitrogen and oxygen atoms in total. The Hall–Kier alpha value is -2.42. The van der Waals surface area contributed by atoms with E-state index in [2.05, 4.69) is 9.97 Å². The summed E-state index contributed by atoms with van der Waals surface area (Å²) in [5.41, 5.74) is 2.79. The average Bonchev–Trinajstić information content (AvgIpc) is 2.39. The third-order valence-corrected chi connectivity index (χ3v) is 2.90. The van der Waals surface area contributed by atoms with E-state index in [-0.39, 0.29) is 5.75 Å². The van der Waals surface area contributed by atoms with Gasteiger partial charge in [0.15, 0.2) is 0 Å². The smallest absolute Gasteiger partial charge is 0.116 e. The first-order chi connectivity index (χ1) is 8.72. The maximum atomic E-state index is 9.42. The minimum Gasteiger partial charge on any atom is -0.508 e. The van der Waals surface area contributed by atoms with Gasteiger partial charge in [0.1, 0.15) is 5.75 Å². The standard InChI is InChI=1S/C15H12N2O/c1-10-8-17-15(9-16-10)13-3-2-12-7-14(18)5-4-11(12)6-13/h2-9,18H,1H3. The number of nitrogens with zero attached hydrogens (tertiary/aromatic N) is 2. The molecule has 0 aliphatic heterocycles. The van der Waals surface area contributed by atoms with Crippen LogP contribution >= 0.6 is 0 Å². The maximum Gasteiger partial charge on any atom is 0.116 e. The lowest BCUT2D eigenvalue weighted by Gasteiger charge is -2.04. The summed E-state index contributed by atoms with van der Waals surface area (Å²) >= 11 is 0. The van der Waals surface area contributed by atoms with Gasteiger partial charge in [-0.3, -0.25) is 9.97 Å². The van der Waals surface area contributed by atoms with Crippen LogP contribution in [-0.4, -0.2) is 15.1 Å². The molecule has 0 aliphatic rings. The van der Waals surface area contributed by atoms with Crippen LogP contribution in [0.3, 0.4) is 0 Å². The zero-order chi connectivity index (χ0) is 12.5. The summed E-state index contributed by atoms with van der Waals surface area (Å²) in [6.07, 6.45) is 3.53. The van der Waals surface area contributed by atoms with E-state index >= 15 is 0 Å². The molecule has 1 N–H and O–H groups in total. The van der Waals surface area contributed by atoms with Crippen molar-refractivity contribution in [2.45, 2.75) is 6.92 Å². The molecule has 88 valence electrons. The molecule has 0 saturated heterocycles. The van der Waals surface area contributed by atoms with Crippen LogP contribution in [0.5, 0.6) is 5.75 Å². The van der Waals surface area contributed by atoms with Gasteiger partial charge in [0, 0.05) is 11.8 Å². The molecule has 1 heterocycles. The van der Waals surface area contributed by atoms with Gasteiger partial charge in [-0.25, -0.2) is 0 Å². The normalized spacial score (nSPS) is 10.7. The van der Waals surface area contributed by atoms with Crippen LogP contribution < -0.4 is 0 Å². The van der Waals surface area contributed by atoms with Crippen molar-refractivity contribution in [1.29, 1.82) is 0 Å². The molecule has 2 aromatic carbocycles. The fourth-order valence-corrected chi connectivity index (χ4v) is 1.93. The van der Waals surface area contributed by atoms with Gasteiger partial charge >= 0.3 is 0 Å². The molecule has 1 aromatic heterocycles. The number of aromatic hydroxyl groups is 1. The Morgan fingerprint density at radius 2 is 1.67 bits per heavy atom. The molecule has 0 saturated carbocycles. The molecule has 3 heteroatoms. The number of phenolic OH excluding ortho intramolecular Hbond substituents is 1. The SMILES string of the molecule is Cc1cnc(-c2ccc3cc(O)ccc3c2)cn1. The highest BCUT2D eigenvalue weighted by Crippen LogP contribution is 2.25. The van der Waals surface area contributed by atoms with E-state index in [0.29, 0.717) is 0 Å². The van der Waals surface area contributed by atoms with E-state index in [1.807, 2.05) is 31.2 Å². The first-order valence-corrected chi connectivity index (χ1v) is 5.74. The predicted octanol–water partition coefficient (Wildman–Crippen LogP) is 3.31. The van der Waals surface area contributed by atoms with Crippen molar-refractivity contribution in [2.24, 2.45) is 0 Å². The molecule has 18 heavy (non-hydrogen) atoms. The molecule has 0 unspecified atom stereocenters. The lowest BCUT2D eigenvalue weighted by atomic mass is 10.1. The van der Waals surface area contributed by atoms with Gasteiger partial charge in [0.05, 0.1) is 17.6 Å². The summed E-state index contributed by atoms with van der Waals surface area (Å²) in [4.78, 5) is 8.61. The molecule has 0 fully saturated rings. The van der Waals surface area contributed by atoms with Crippen LogP contribution in [0.25, 0.3) is 22.0 Å². The topological polar surface area (TPSA) is 46.0 Å². The van der Waals surface area contributed by atoms with Crippen LogP contribution in [-0.2, 0) is 0 Å². The largest absolute Gasteiger partial charge is 0.508 e. The summed E-state index contributed by atoms with van der Waals surface area (Å²) in [5, 5.41) is 11.5. The highest BCUT2D eigenvalue weighted by molar-refractivity contribution is 5.87. The summed E-state index contributed by atoms with van der Waals surface area (Å²) < 4.78 is 0. The second-order valence-electron chi connectivity index (χ2n) is 4.29. The zero-order valence-corrected chi connectivity index (χ0v) is 9.96. The van der Waals surface area contributed by atoms with Crippen molar-refractivity contribution in [3.8, 4) is 17.0 Å². The molecule has 0 amide bonds. The molecule has 0 atom stereocenters. The zero-order valence-electron chi connectivity index (χ0n) is 9.96. The average molecular weight is 236 g/mol. The van der Waals surface area contributed by atoms with Crippen LogP contribution in [0.4, 0.5) is 0 Å². The van der Waals surface area contributed by atoms with Gasteiger partial charge in [0.25, 0.3) is 0 Å². The second kappa shape index (κ2) is 4.11. The summed E-state index contributed by atoms with van der Waals surface area (Å²) in [7, 11) is 0. The third kappa shape index (κ3) is 1.91. The van der Waals surface area contributed by atoms with E-state index < -0.39 is 0 Å². The summed E-state index contributed by atoms with van der Waals surface area (Å²) in [6, 6.07) is 11.4. The van der Waals surface area contributed by atoms with Crippen molar-refractivity contribution in [3.05, 3.63) is 54.5 Å². The fraction of sp³-hybridized carbons (Fsp3) is 0.0667. The Morgan fingerprint density at radius 3 is 2.44 bits per heavy atom. The van der Waals surface area contributed by atoms with Crippen molar-refractivity contribution < 1.29 is 5.11 Å². The van der Waals surface area contributed by atoms with Gasteiger partial charge in [0.2, 0.25) is 0 Å². The molecule has 3 aromatic rings. The Bertz CT molecular complexity index is 705. The first-order valence-electron chi connectivity index (χ1n) is 5.74. The Balaban J connectivity index is 2.13. The van der Waals surface area contributed by atoms with Crippen molar-refractivity contribution in [3.63, 3.8) is 0 Å². The molecule has 0 radical (unpaired) electrons. The Kier molecular flexibility index (Phi) is 2.45. The minimum atomic E-state index is 0.283. The molecule has 0 bridgehead atoms. The minimum absolute atomic E-state index is 0.283. The Labute approximate surface area is 105 Å². The van der Waals surface area contributed by atoms with Crippen LogP contribution in [0.2, 0.25) is 0 Å². The lowest BCUT2D eigenvalue weighted by molar-refractivity contribution is 0.476. The van der Waals surface area contributed by atoms with Crippen molar-refractivity contribution in [1.82, 2.24) is 9.97 Å². The van der Waals surface area contributed by atoms with Crippen LogP contribution in [0.1, 0.15) is 5.69 Å². The van der Waals surface area contributed by atoms with E-state index in [0.717, 1.165) is 27.7 Å². The molecule has 3 rings (SSSR count). The molecule has 0 aliphatic carbocycles. The van der Waals surface area contributed by atoms with E-state index in [1.165, 1.54) is 0 Å².